The molecule has 2 amide bonds. The van der Waals surface area contributed by atoms with Gasteiger partial charge < -0.3 is 19.3 Å². The van der Waals surface area contributed by atoms with Crippen LogP contribution in [-0.4, -0.2) is 61.6 Å². The summed E-state index contributed by atoms with van der Waals surface area (Å²) in [6.45, 7) is 4.32. The average molecular weight is 437 g/mol. The minimum Gasteiger partial charge on any atom is -0.496 e. The summed E-state index contributed by atoms with van der Waals surface area (Å²) in [7, 11) is 1.64. The Kier molecular flexibility index (Phi) is 6.80. The molecule has 0 bridgehead atoms. The zero-order valence-electron chi connectivity index (χ0n) is 19.0. The standard InChI is InChI=1S/C26H32N2O4/c1-20(29)28-15-14-27(19-23(28)22-10-6-7-11-24(22)31-2)25(30)26(12-16-32-17-13-26)18-21-8-4-3-5-9-21/h3-11,23H,12-19H2,1-2H3. The van der Waals surface area contributed by atoms with Crippen molar-refractivity contribution < 1.29 is 19.1 Å². The van der Waals surface area contributed by atoms with Crippen LogP contribution in [0, 0.1) is 5.41 Å². The van der Waals surface area contributed by atoms with E-state index < -0.39 is 5.41 Å². The van der Waals surface area contributed by atoms with Crippen LogP contribution < -0.4 is 4.74 Å². The summed E-state index contributed by atoms with van der Waals surface area (Å²) in [6, 6.07) is 17.8. The molecule has 2 aromatic rings. The van der Waals surface area contributed by atoms with Crippen LogP contribution in [-0.2, 0) is 20.7 Å². The summed E-state index contributed by atoms with van der Waals surface area (Å²) in [5.74, 6) is 0.925. The smallest absolute Gasteiger partial charge is 0.229 e. The van der Waals surface area contributed by atoms with Crippen LogP contribution in [0.25, 0.3) is 0 Å². The van der Waals surface area contributed by atoms with Gasteiger partial charge in [-0.15, -0.1) is 0 Å². The molecule has 4 rings (SSSR count). The highest BCUT2D eigenvalue weighted by Crippen LogP contribution is 2.39. The highest BCUT2D eigenvalue weighted by molar-refractivity contribution is 5.84. The quantitative estimate of drug-likeness (QED) is 0.720. The van der Waals surface area contributed by atoms with E-state index in [0.29, 0.717) is 52.1 Å². The molecule has 2 heterocycles. The van der Waals surface area contributed by atoms with Crippen LogP contribution in [0.5, 0.6) is 5.75 Å². The van der Waals surface area contributed by atoms with Gasteiger partial charge in [0.05, 0.1) is 18.6 Å². The molecule has 0 saturated carbocycles. The monoisotopic (exact) mass is 436 g/mol. The maximum Gasteiger partial charge on any atom is 0.229 e. The van der Waals surface area contributed by atoms with Gasteiger partial charge in [-0.25, -0.2) is 0 Å². The normalized spacial score (nSPS) is 20.6. The van der Waals surface area contributed by atoms with E-state index >= 15 is 0 Å². The Balaban J connectivity index is 1.62. The summed E-state index contributed by atoms with van der Waals surface area (Å²) < 4.78 is 11.2. The van der Waals surface area contributed by atoms with Gasteiger partial charge in [0, 0.05) is 45.3 Å². The van der Waals surface area contributed by atoms with E-state index in [1.54, 1.807) is 14.0 Å². The van der Waals surface area contributed by atoms with Crippen LogP contribution >= 0.6 is 0 Å². The van der Waals surface area contributed by atoms with E-state index in [0.717, 1.165) is 11.3 Å². The topological polar surface area (TPSA) is 59.1 Å². The predicted molar refractivity (Wildman–Crippen MR) is 122 cm³/mol. The largest absolute Gasteiger partial charge is 0.496 e. The molecule has 6 nitrogen and oxygen atoms in total. The second-order valence-corrected chi connectivity index (χ2v) is 8.78. The lowest BCUT2D eigenvalue weighted by molar-refractivity contribution is -0.154. The van der Waals surface area contributed by atoms with Crippen molar-refractivity contribution in [1.82, 2.24) is 9.80 Å². The number of amides is 2. The highest BCUT2D eigenvalue weighted by Gasteiger charge is 2.45. The Hall–Kier alpha value is -2.86. The summed E-state index contributed by atoms with van der Waals surface area (Å²) in [5.41, 5.74) is 1.64. The van der Waals surface area contributed by atoms with Crippen molar-refractivity contribution in [2.45, 2.75) is 32.2 Å². The SMILES string of the molecule is COc1ccccc1C1CN(C(=O)C2(Cc3ccccc3)CCOCC2)CCN1C(C)=O. The number of piperazine rings is 1. The van der Waals surface area contributed by atoms with Crippen LogP contribution in [0.1, 0.15) is 36.9 Å². The average Bonchev–Trinajstić information content (AvgIpc) is 2.84. The van der Waals surface area contributed by atoms with Gasteiger partial charge in [0.1, 0.15) is 5.75 Å². The van der Waals surface area contributed by atoms with Crippen LogP contribution in [0.4, 0.5) is 0 Å². The first-order valence-corrected chi connectivity index (χ1v) is 11.4. The number of methoxy groups -OCH3 is 1. The van der Waals surface area contributed by atoms with Gasteiger partial charge in [-0.2, -0.15) is 0 Å². The van der Waals surface area contributed by atoms with E-state index in [1.165, 1.54) is 5.56 Å². The van der Waals surface area contributed by atoms with Gasteiger partial charge in [0.15, 0.2) is 0 Å². The number of carbonyl (C=O) groups excluding carboxylic acids is 2. The third kappa shape index (κ3) is 4.51. The van der Waals surface area contributed by atoms with E-state index in [1.807, 2.05) is 52.3 Å². The highest BCUT2D eigenvalue weighted by atomic mass is 16.5. The third-order valence-corrected chi connectivity index (χ3v) is 6.86. The molecule has 6 heteroatoms. The van der Waals surface area contributed by atoms with Crippen molar-refractivity contribution in [2.24, 2.45) is 5.41 Å². The molecule has 0 spiro atoms. The number of benzene rings is 2. The Morgan fingerprint density at radius 3 is 2.41 bits per heavy atom. The fraction of sp³-hybridized carbons (Fsp3) is 0.462. The minimum atomic E-state index is -0.469. The van der Waals surface area contributed by atoms with Gasteiger partial charge in [-0.3, -0.25) is 9.59 Å². The molecule has 170 valence electrons. The molecule has 0 radical (unpaired) electrons. The Labute approximate surface area is 190 Å². The number of nitrogens with zero attached hydrogens (tertiary/aromatic N) is 2. The summed E-state index contributed by atoms with van der Waals surface area (Å²) >= 11 is 0. The molecular formula is C26H32N2O4. The number of hydrogen-bond donors (Lipinski definition) is 0. The number of para-hydroxylation sites is 1. The molecule has 1 unspecified atom stereocenters. The maximum absolute atomic E-state index is 14.0. The molecule has 0 N–H and O–H groups in total. The molecule has 0 aromatic heterocycles. The summed E-state index contributed by atoms with van der Waals surface area (Å²) in [5, 5.41) is 0. The lowest BCUT2D eigenvalue weighted by atomic mass is 9.73. The van der Waals surface area contributed by atoms with Crippen molar-refractivity contribution in [3.63, 3.8) is 0 Å². The second kappa shape index (κ2) is 9.74. The van der Waals surface area contributed by atoms with Crippen molar-refractivity contribution >= 4 is 11.8 Å². The Morgan fingerprint density at radius 2 is 1.72 bits per heavy atom. The van der Waals surface area contributed by atoms with Crippen LogP contribution in [0.3, 0.4) is 0 Å². The van der Waals surface area contributed by atoms with Crippen molar-refractivity contribution in [3.05, 3.63) is 65.7 Å². The molecule has 32 heavy (non-hydrogen) atoms. The molecule has 0 aliphatic carbocycles. The number of rotatable bonds is 5. The molecule has 2 saturated heterocycles. The summed E-state index contributed by atoms with van der Waals surface area (Å²) in [4.78, 5) is 30.3. The van der Waals surface area contributed by atoms with Crippen LogP contribution in [0.15, 0.2) is 54.6 Å². The van der Waals surface area contributed by atoms with E-state index in [4.69, 9.17) is 9.47 Å². The number of hydrogen-bond acceptors (Lipinski definition) is 4. The second-order valence-electron chi connectivity index (χ2n) is 8.78. The minimum absolute atomic E-state index is 0.0121. The van der Waals surface area contributed by atoms with Gasteiger partial charge in [0.2, 0.25) is 11.8 Å². The zero-order chi connectivity index (χ0) is 22.6. The van der Waals surface area contributed by atoms with E-state index in [2.05, 4.69) is 12.1 Å². The number of carbonyl (C=O) groups is 2. The Morgan fingerprint density at radius 1 is 1.03 bits per heavy atom. The molecule has 2 aliphatic rings. The maximum atomic E-state index is 14.0. The third-order valence-electron chi connectivity index (χ3n) is 6.86. The van der Waals surface area contributed by atoms with Crippen LogP contribution in [0.2, 0.25) is 0 Å². The summed E-state index contributed by atoms with van der Waals surface area (Å²) in [6.07, 6.45) is 2.14. The lowest BCUT2D eigenvalue weighted by Gasteiger charge is -2.46. The molecule has 2 fully saturated rings. The first kappa shape index (κ1) is 22.3. The number of ether oxygens (including phenoxy) is 2. The van der Waals surface area contributed by atoms with E-state index in [-0.39, 0.29) is 17.9 Å². The van der Waals surface area contributed by atoms with Gasteiger partial charge in [-0.05, 0) is 30.9 Å². The Bertz CT molecular complexity index is 940. The fourth-order valence-corrected chi connectivity index (χ4v) is 5.10. The first-order valence-electron chi connectivity index (χ1n) is 11.4. The van der Waals surface area contributed by atoms with Gasteiger partial charge in [-0.1, -0.05) is 48.5 Å². The molecular weight excluding hydrogens is 404 g/mol. The van der Waals surface area contributed by atoms with Crippen molar-refractivity contribution in [1.29, 1.82) is 0 Å². The van der Waals surface area contributed by atoms with Gasteiger partial charge in [0.25, 0.3) is 0 Å². The van der Waals surface area contributed by atoms with Gasteiger partial charge >= 0.3 is 0 Å². The van der Waals surface area contributed by atoms with Crippen molar-refractivity contribution in [3.8, 4) is 5.75 Å². The predicted octanol–water partition coefficient (Wildman–Crippen LogP) is 3.47. The lowest BCUT2D eigenvalue weighted by Crippen LogP contribution is -2.56. The first-order chi connectivity index (χ1) is 15.5. The zero-order valence-corrected chi connectivity index (χ0v) is 19.0. The van der Waals surface area contributed by atoms with Crippen molar-refractivity contribution in [2.75, 3.05) is 40.0 Å². The van der Waals surface area contributed by atoms with E-state index in [9.17, 15) is 9.59 Å². The fourth-order valence-electron chi connectivity index (χ4n) is 5.10. The molecule has 1 atom stereocenters. The molecule has 2 aliphatic heterocycles. The molecule has 2 aromatic carbocycles.